The normalized spacial score (nSPS) is 11.8. The summed E-state index contributed by atoms with van der Waals surface area (Å²) >= 11 is 0. The Hall–Kier alpha value is -4.02. The molecule has 0 aliphatic heterocycles. The molecule has 1 aromatic heterocycles. The minimum atomic E-state index is -1.04. The van der Waals surface area contributed by atoms with Crippen molar-refractivity contribution < 1.29 is 28.0 Å². The van der Waals surface area contributed by atoms with Crippen molar-refractivity contribution in [3.63, 3.8) is 0 Å². The molecule has 9 nitrogen and oxygen atoms in total. The smallest absolute Gasteiger partial charge is 0.326 e. The molecule has 0 aliphatic carbocycles. The van der Waals surface area contributed by atoms with Crippen LogP contribution in [0.25, 0.3) is 11.4 Å². The highest BCUT2D eigenvalue weighted by molar-refractivity contribution is 5.99. The number of nitrogens with zero attached hydrogens (tertiary/aromatic N) is 2. The SMILES string of the molecule is CC(C)C(Nc1nc(-c2ccc(NC(=O)Nc3ccc(F)cc3F)cc2)no1)C(=O)O. The number of anilines is 3. The molecular formula is C20H19F2N5O4. The molecular weight excluding hydrogens is 412 g/mol. The minimum Gasteiger partial charge on any atom is -0.480 e. The maximum Gasteiger partial charge on any atom is 0.326 e. The number of urea groups is 1. The summed E-state index contributed by atoms with van der Waals surface area (Å²) in [6.07, 6.45) is 0. The molecule has 0 fully saturated rings. The first kappa shape index (κ1) is 21.7. The van der Waals surface area contributed by atoms with Gasteiger partial charge >= 0.3 is 18.0 Å². The van der Waals surface area contributed by atoms with E-state index in [1.54, 1.807) is 38.1 Å². The van der Waals surface area contributed by atoms with Crippen LogP contribution in [0.5, 0.6) is 0 Å². The lowest BCUT2D eigenvalue weighted by molar-refractivity contribution is -0.138. The molecule has 3 rings (SSSR count). The number of carbonyl (C=O) groups excluding carboxylic acids is 1. The molecule has 0 radical (unpaired) electrons. The first-order valence-corrected chi connectivity index (χ1v) is 9.19. The van der Waals surface area contributed by atoms with E-state index in [2.05, 4.69) is 26.1 Å². The van der Waals surface area contributed by atoms with Crippen molar-refractivity contribution in [2.24, 2.45) is 5.92 Å². The van der Waals surface area contributed by atoms with Gasteiger partial charge in [0.1, 0.15) is 17.7 Å². The molecule has 2 aromatic carbocycles. The average Bonchev–Trinajstić information content (AvgIpc) is 3.17. The summed E-state index contributed by atoms with van der Waals surface area (Å²) in [5, 5.41) is 20.5. The van der Waals surface area contributed by atoms with Gasteiger partial charge in [-0.15, -0.1) is 0 Å². The van der Waals surface area contributed by atoms with Gasteiger partial charge in [0.15, 0.2) is 0 Å². The summed E-state index contributed by atoms with van der Waals surface area (Å²) in [7, 11) is 0. The van der Waals surface area contributed by atoms with Crippen molar-refractivity contribution in [1.82, 2.24) is 10.1 Å². The molecule has 31 heavy (non-hydrogen) atoms. The third-order valence-electron chi connectivity index (χ3n) is 4.22. The number of carbonyl (C=O) groups is 2. The fourth-order valence-electron chi connectivity index (χ4n) is 2.62. The predicted octanol–water partition coefficient (Wildman–Crippen LogP) is 4.18. The van der Waals surface area contributed by atoms with Crippen molar-refractivity contribution in [3.8, 4) is 11.4 Å². The Bertz CT molecular complexity index is 1090. The second-order valence-electron chi connectivity index (χ2n) is 6.91. The van der Waals surface area contributed by atoms with Gasteiger partial charge in [-0.2, -0.15) is 4.98 Å². The molecule has 1 unspecified atom stereocenters. The summed E-state index contributed by atoms with van der Waals surface area (Å²) in [4.78, 5) is 27.4. The number of halogens is 2. The summed E-state index contributed by atoms with van der Waals surface area (Å²) in [5.41, 5.74) is 0.795. The van der Waals surface area contributed by atoms with E-state index in [-0.39, 0.29) is 23.4 Å². The average molecular weight is 431 g/mol. The van der Waals surface area contributed by atoms with Crippen LogP contribution in [0, 0.1) is 17.6 Å². The van der Waals surface area contributed by atoms with Gasteiger partial charge in [-0.05, 0) is 42.3 Å². The second kappa shape index (κ2) is 9.20. The molecule has 1 heterocycles. The molecule has 2 amide bonds. The lowest BCUT2D eigenvalue weighted by atomic mass is 10.1. The zero-order valence-corrected chi connectivity index (χ0v) is 16.5. The summed E-state index contributed by atoms with van der Waals surface area (Å²) in [6, 6.07) is 7.53. The number of rotatable bonds is 7. The quantitative estimate of drug-likeness (QED) is 0.442. The molecule has 0 aliphatic rings. The number of carboxylic acids is 1. The molecule has 162 valence electrons. The number of amides is 2. The Labute approximate surface area is 175 Å². The van der Waals surface area contributed by atoms with E-state index in [0.717, 1.165) is 12.1 Å². The van der Waals surface area contributed by atoms with E-state index >= 15 is 0 Å². The Morgan fingerprint density at radius 2 is 1.77 bits per heavy atom. The van der Waals surface area contributed by atoms with Gasteiger partial charge in [-0.1, -0.05) is 19.0 Å². The van der Waals surface area contributed by atoms with E-state index < -0.39 is 29.7 Å². The van der Waals surface area contributed by atoms with Gasteiger partial charge in [0.2, 0.25) is 5.82 Å². The largest absolute Gasteiger partial charge is 0.480 e. The number of aliphatic carboxylic acids is 1. The zero-order valence-electron chi connectivity index (χ0n) is 16.5. The molecule has 4 N–H and O–H groups in total. The Morgan fingerprint density at radius 1 is 1.06 bits per heavy atom. The van der Waals surface area contributed by atoms with Crippen molar-refractivity contribution in [2.45, 2.75) is 19.9 Å². The lowest BCUT2D eigenvalue weighted by Crippen LogP contribution is -2.34. The topological polar surface area (TPSA) is 129 Å². The van der Waals surface area contributed by atoms with E-state index in [9.17, 15) is 23.5 Å². The van der Waals surface area contributed by atoms with E-state index in [1.165, 1.54) is 0 Å². The van der Waals surface area contributed by atoms with Gasteiger partial charge < -0.3 is 25.6 Å². The first-order chi connectivity index (χ1) is 14.7. The van der Waals surface area contributed by atoms with Crippen molar-refractivity contribution >= 4 is 29.4 Å². The van der Waals surface area contributed by atoms with Crippen LogP contribution in [0.4, 0.5) is 31.0 Å². The predicted molar refractivity (Wildman–Crippen MR) is 109 cm³/mol. The van der Waals surface area contributed by atoms with E-state index in [1.807, 2.05) is 0 Å². The fraction of sp³-hybridized carbons (Fsp3) is 0.200. The monoisotopic (exact) mass is 431 g/mol. The number of benzene rings is 2. The van der Waals surface area contributed by atoms with Gasteiger partial charge in [-0.3, -0.25) is 0 Å². The van der Waals surface area contributed by atoms with Crippen molar-refractivity contribution in [3.05, 3.63) is 54.1 Å². The first-order valence-electron chi connectivity index (χ1n) is 9.19. The van der Waals surface area contributed by atoms with E-state index in [4.69, 9.17) is 4.52 Å². The van der Waals surface area contributed by atoms with Crippen LogP contribution in [0.3, 0.4) is 0 Å². The van der Waals surface area contributed by atoms with Crippen LogP contribution in [0.15, 0.2) is 47.0 Å². The lowest BCUT2D eigenvalue weighted by Gasteiger charge is -2.15. The third kappa shape index (κ3) is 5.53. The molecule has 0 spiro atoms. The van der Waals surface area contributed by atoms with Crippen molar-refractivity contribution in [1.29, 1.82) is 0 Å². The molecule has 11 heteroatoms. The maximum absolute atomic E-state index is 13.6. The zero-order chi connectivity index (χ0) is 22.5. The van der Waals surface area contributed by atoms with Gasteiger partial charge in [0, 0.05) is 17.3 Å². The number of hydrogen-bond donors (Lipinski definition) is 4. The Balaban J connectivity index is 1.63. The second-order valence-corrected chi connectivity index (χ2v) is 6.91. The number of hydrogen-bond acceptors (Lipinski definition) is 6. The van der Waals surface area contributed by atoms with Gasteiger partial charge in [0.25, 0.3) is 0 Å². The minimum absolute atomic E-state index is 0.0287. The summed E-state index contributed by atoms with van der Waals surface area (Å²) < 4.78 is 31.6. The van der Waals surface area contributed by atoms with Crippen LogP contribution >= 0.6 is 0 Å². The van der Waals surface area contributed by atoms with Crippen LogP contribution in [0.1, 0.15) is 13.8 Å². The summed E-state index contributed by atoms with van der Waals surface area (Å²) in [6.45, 7) is 3.49. The van der Waals surface area contributed by atoms with Gasteiger partial charge in [0.05, 0.1) is 5.69 Å². The Morgan fingerprint density at radius 3 is 2.39 bits per heavy atom. The number of nitrogens with one attached hydrogen (secondary N) is 3. The van der Waals surface area contributed by atoms with Crippen LogP contribution in [0.2, 0.25) is 0 Å². The number of carboxylic acid groups (broad SMARTS) is 1. The van der Waals surface area contributed by atoms with Crippen LogP contribution in [-0.4, -0.2) is 33.3 Å². The molecule has 3 aromatic rings. The highest BCUT2D eigenvalue weighted by atomic mass is 19.1. The number of aromatic nitrogens is 2. The van der Waals surface area contributed by atoms with Crippen molar-refractivity contribution in [2.75, 3.05) is 16.0 Å². The fourth-order valence-corrected chi connectivity index (χ4v) is 2.62. The molecule has 0 bridgehead atoms. The Kier molecular flexibility index (Phi) is 6.43. The standard InChI is InChI=1S/C20H19F2N5O4/c1-10(2)16(18(28)29)25-20-26-17(27-31-20)11-3-6-13(7-4-11)23-19(30)24-15-8-5-12(21)9-14(15)22/h3-10,16H,1-2H3,(H,28,29)(H2,23,24,30)(H,25,26,27). The maximum atomic E-state index is 13.6. The van der Waals surface area contributed by atoms with Crippen LogP contribution < -0.4 is 16.0 Å². The summed E-state index contributed by atoms with van der Waals surface area (Å²) in [5.74, 6) is -2.66. The van der Waals surface area contributed by atoms with Gasteiger partial charge in [-0.25, -0.2) is 18.4 Å². The highest BCUT2D eigenvalue weighted by Gasteiger charge is 2.23. The van der Waals surface area contributed by atoms with Crippen LogP contribution in [-0.2, 0) is 4.79 Å². The molecule has 0 saturated carbocycles. The van der Waals surface area contributed by atoms with E-state index in [0.29, 0.717) is 17.3 Å². The highest BCUT2D eigenvalue weighted by Crippen LogP contribution is 2.22. The molecule has 0 saturated heterocycles. The molecule has 1 atom stereocenters. The third-order valence-corrected chi connectivity index (χ3v) is 4.22.